The first kappa shape index (κ1) is 19.3. The molecule has 2 amide bonds. The van der Waals surface area contributed by atoms with E-state index in [0.717, 1.165) is 31.5 Å². The summed E-state index contributed by atoms with van der Waals surface area (Å²) in [7, 11) is 0. The Hall–Kier alpha value is -3.68. The Morgan fingerprint density at radius 2 is 2.10 bits per heavy atom. The van der Waals surface area contributed by atoms with Crippen LogP contribution in [0.4, 0.5) is 11.5 Å². The minimum atomic E-state index is -0.0457. The molecule has 1 fully saturated rings. The van der Waals surface area contributed by atoms with Gasteiger partial charge in [0.15, 0.2) is 5.82 Å². The standard InChI is InChI=1S/C23H24N6O2/c30-21-13-26-22-20(29(21)14-17-5-2-1-3-6-17)11-18(12-25-22)23(31)28-9-4-7-19(28)15-27-10-8-24-16-27/h1-3,5-6,8,10-12,16,19H,4,7,9,13-15H2,(H,25,26). The van der Waals surface area contributed by atoms with Crippen LogP contribution in [0, 0.1) is 0 Å². The van der Waals surface area contributed by atoms with Gasteiger partial charge in [0.1, 0.15) is 0 Å². The van der Waals surface area contributed by atoms with Gasteiger partial charge in [-0.1, -0.05) is 30.3 Å². The lowest BCUT2D eigenvalue weighted by Crippen LogP contribution is -2.41. The van der Waals surface area contributed by atoms with E-state index in [1.807, 2.05) is 46.0 Å². The van der Waals surface area contributed by atoms with Gasteiger partial charge in [-0.25, -0.2) is 9.97 Å². The second-order valence-corrected chi connectivity index (χ2v) is 7.96. The number of carbonyl (C=O) groups excluding carboxylic acids is 2. The molecule has 0 radical (unpaired) electrons. The highest BCUT2D eigenvalue weighted by molar-refractivity contribution is 6.04. The van der Waals surface area contributed by atoms with Gasteiger partial charge in [0.2, 0.25) is 5.91 Å². The van der Waals surface area contributed by atoms with Crippen molar-refractivity contribution >= 4 is 23.3 Å². The van der Waals surface area contributed by atoms with Crippen LogP contribution in [0.1, 0.15) is 28.8 Å². The number of aromatic nitrogens is 3. The molecule has 2 aliphatic rings. The minimum absolute atomic E-state index is 0.0399. The van der Waals surface area contributed by atoms with Crippen molar-refractivity contribution in [3.63, 3.8) is 0 Å². The number of carbonyl (C=O) groups is 2. The molecule has 3 aromatic rings. The summed E-state index contributed by atoms with van der Waals surface area (Å²) in [5.74, 6) is 0.543. The Morgan fingerprint density at radius 1 is 1.23 bits per heavy atom. The number of benzene rings is 1. The zero-order chi connectivity index (χ0) is 21.2. The number of anilines is 2. The van der Waals surface area contributed by atoms with Crippen LogP contribution in [0.25, 0.3) is 0 Å². The summed E-state index contributed by atoms with van der Waals surface area (Å²) in [6.07, 6.45) is 8.99. The SMILES string of the molecule is O=C1CNc2ncc(C(=O)N3CCCC3Cn3ccnc3)cc2N1Cc1ccccc1. The number of nitrogens with one attached hydrogen (secondary N) is 1. The van der Waals surface area contributed by atoms with Crippen molar-refractivity contribution in [1.82, 2.24) is 19.4 Å². The number of fused-ring (bicyclic) bond motifs is 1. The van der Waals surface area contributed by atoms with E-state index in [4.69, 9.17) is 0 Å². The average molecular weight is 416 g/mol. The number of rotatable bonds is 5. The first-order chi connectivity index (χ1) is 15.2. The monoisotopic (exact) mass is 416 g/mol. The summed E-state index contributed by atoms with van der Waals surface area (Å²) < 4.78 is 2.01. The topological polar surface area (TPSA) is 83.4 Å². The quantitative estimate of drug-likeness (QED) is 0.691. The largest absolute Gasteiger partial charge is 0.359 e. The molecule has 31 heavy (non-hydrogen) atoms. The fourth-order valence-electron chi connectivity index (χ4n) is 4.34. The molecule has 0 saturated carbocycles. The van der Waals surface area contributed by atoms with E-state index in [-0.39, 0.29) is 24.4 Å². The molecule has 1 N–H and O–H groups in total. The molecular weight excluding hydrogens is 392 g/mol. The van der Waals surface area contributed by atoms with Crippen LogP contribution in [0.15, 0.2) is 61.3 Å². The molecule has 0 aliphatic carbocycles. The van der Waals surface area contributed by atoms with Crippen LogP contribution >= 0.6 is 0 Å². The first-order valence-electron chi connectivity index (χ1n) is 10.5. The first-order valence-corrected chi connectivity index (χ1v) is 10.5. The lowest BCUT2D eigenvalue weighted by atomic mass is 10.1. The van der Waals surface area contributed by atoms with Gasteiger partial charge in [0, 0.05) is 37.7 Å². The second-order valence-electron chi connectivity index (χ2n) is 7.96. The highest BCUT2D eigenvalue weighted by Crippen LogP contribution is 2.31. The molecular formula is C23H24N6O2. The number of hydrogen-bond acceptors (Lipinski definition) is 5. The number of hydrogen-bond donors (Lipinski definition) is 1. The Balaban J connectivity index is 1.40. The molecule has 2 aromatic heterocycles. The third-order valence-corrected chi connectivity index (χ3v) is 5.92. The Kier molecular flexibility index (Phi) is 5.11. The number of imidazole rings is 1. The fraction of sp³-hybridized carbons (Fsp3) is 0.304. The van der Waals surface area contributed by atoms with Crippen molar-refractivity contribution in [2.24, 2.45) is 0 Å². The molecule has 1 aromatic carbocycles. The lowest BCUT2D eigenvalue weighted by Gasteiger charge is -2.30. The molecule has 0 bridgehead atoms. The predicted molar refractivity (Wildman–Crippen MR) is 117 cm³/mol. The van der Waals surface area contributed by atoms with Crippen molar-refractivity contribution in [3.8, 4) is 0 Å². The van der Waals surface area contributed by atoms with Gasteiger partial charge in [0.25, 0.3) is 5.91 Å². The Labute approximate surface area is 180 Å². The molecule has 2 aliphatic heterocycles. The normalized spacial score (nSPS) is 18.1. The average Bonchev–Trinajstić information content (AvgIpc) is 3.48. The Morgan fingerprint density at radius 3 is 2.90 bits per heavy atom. The van der Waals surface area contributed by atoms with Crippen LogP contribution in [0.3, 0.4) is 0 Å². The van der Waals surface area contributed by atoms with E-state index in [2.05, 4.69) is 15.3 Å². The number of likely N-dealkylation sites (tertiary alicyclic amines) is 1. The molecule has 8 heteroatoms. The van der Waals surface area contributed by atoms with Crippen molar-refractivity contribution < 1.29 is 9.59 Å². The molecule has 0 spiro atoms. The molecule has 1 atom stereocenters. The van der Waals surface area contributed by atoms with Gasteiger partial charge in [0.05, 0.1) is 30.7 Å². The summed E-state index contributed by atoms with van der Waals surface area (Å²) in [5, 5.41) is 3.06. The van der Waals surface area contributed by atoms with Gasteiger partial charge in [-0.05, 0) is 24.5 Å². The molecule has 158 valence electrons. The maximum absolute atomic E-state index is 13.4. The zero-order valence-electron chi connectivity index (χ0n) is 17.1. The predicted octanol–water partition coefficient (Wildman–Crippen LogP) is 2.54. The number of pyridine rings is 1. The third-order valence-electron chi connectivity index (χ3n) is 5.92. The van der Waals surface area contributed by atoms with E-state index in [1.54, 1.807) is 29.7 Å². The fourth-order valence-corrected chi connectivity index (χ4v) is 4.34. The highest BCUT2D eigenvalue weighted by atomic mass is 16.2. The van der Waals surface area contributed by atoms with Crippen LogP contribution in [0.5, 0.6) is 0 Å². The van der Waals surface area contributed by atoms with Gasteiger partial charge < -0.3 is 19.7 Å². The van der Waals surface area contributed by atoms with E-state index >= 15 is 0 Å². The molecule has 1 unspecified atom stereocenters. The van der Waals surface area contributed by atoms with E-state index in [1.165, 1.54) is 0 Å². The maximum Gasteiger partial charge on any atom is 0.255 e. The molecule has 4 heterocycles. The van der Waals surface area contributed by atoms with Crippen molar-refractivity contribution in [3.05, 3.63) is 72.4 Å². The van der Waals surface area contributed by atoms with E-state index in [0.29, 0.717) is 23.6 Å². The molecule has 1 saturated heterocycles. The summed E-state index contributed by atoms with van der Waals surface area (Å²) in [4.78, 5) is 38.2. The van der Waals surface area contributed by atoms with Crippen LogP contribution in [-0.4, -0.2) is 50.4 Å². The summed E-state index contributed by atoms with van der Waals surface area (Å²) >= 11 is 0. The van der Waals surface area contributed by atoms with E-state index in [9.17, 15) is 9.59 Å². The zero-order valence-corrected chi connectivity index (χ0v) is 17.1. The van der Waals surface area contributed by atoms with Gasteiger partial charge in [-0.2, -0.15) is 0 Å². The highest BCUT2D eigenvalue weighted by Gasteiger charge is 2.32. The van der Waals surface area contributed by atoms with Crippen LogP contribution in [0.2, 0.25) is 0 Å². The van der Waals surface area contributed by atoms with Crippen molar-refractivity contribution in [2.75, 3.05) is 23.3 Å². The number of nitrogens with zero attached hydrogens (tertiary/aromatic N) is 5. The minimum Gasteiger partial charge on any atom is -0.359 e. The smallest absolute Gasteiger partial charge is 0.255 e. The molecule has 5 rings (SSSR count). The van der Waals surface area contributed by atoms with Gasteiger partial charge in [-0.15, -0.1) is 0 Å². The summed E-state index contributed by atoms with van der Waals surface area (Å²) in [6.45, 7) is 2.09. The molecule has 8 nitrogen and oxygen atoms in total. The maximum atomic E-state index is 13.4. The second kappa shape index (κ2) is 8.22. The van der Waals surface area contributed by atoms with Crippen LogP contribution < -0.4 is 10.2 Å². The van der Waals surface area contributed by atoms with E-state index < -0.39 is 0 Å². The third kappa shape index (κ3) is 3.88. The van der Waals surface area contributed by atoms with Gasteiger partial charge in [-0.3, -0.25) is 9.59 Å². The van der Waals surface area contributed by atoms with Crippen molar-refractivity contribution in [2.45, 2.75) is 32.0 Å². The number of amides is 2. The van der Waals surface area contributed by atoms with Crippen LogP contribution in [-0.2, 0) is 17.9 Å². The van der Waals surface area contributed by atoms with Crippen molar-refractivity contribution in [1.29, 1.82) is 0 Å². The summed E-state index contributed by atoms with van der Waals surface area (Å²) in [5.41, 5.74) is 2.18. The summed E-state index contributed by atoms with van der Waals surface area (Å²) in [6, 6.07) is 11.8. The Bertz CT molecular complexity index is 1080. The van der Waals surface area contributed by atoms with Gasteiger partial charge >= 0.3 is 0 Å². The lowest BCUT2D eigenvalue weighted by molar-refractivity contribution is -0.117.